The van der Waals surface area contributed by atoms with Crippen LogP contribution >= 0.6 is 0 Å². The van der Waals surface area contributed by atoms with E-state index in [1.807, 2.05) is 11.0 Å². The van der Waals surface area contributed by atoms with E-state index in [-0.39, 0.29) is 65.8 Å². The number of aromatic nitrogens is 7. The summed E-state index contributed by atoms with van der Waals surface area (Å²) in [5.41, 5.74) is 0.0860. The van der Waals surface area contributed by atoms with Crippen molar-refractivity contribution in [2.24, 2.45) is 18.9 Å². The van der Waals surface area contributed by atoms with Gasteiger partial charge in [0.15, 0.2) is 17.2 Å². The first-order chi connectivity index (χ1) is 32.4. The third-order valence-corrected chi connectivity index (χ3v) is 14.8. The van der Waals surface area contributed by atoms with Gasteiger partial charge in [0, 0.05) is 71.0 Å². The Morgan fingerprint density at radius 1 is 1.01 bits per heavy atom. The van der Waals surface area contributed by atoms with E-state index in [2.05, 4.69) is 30.6 Å². The fraction of sp³-hybridized carbons (Fsp3) is 0.578. The lowest BCUT2D eigenvalue weighted by Gasteiger charge is -2.42. The van der Waals surface area contributed by atoms with Crippen LogP contribution in [0.25, 0.3) is 16.7 Å². The Bertz CT molecular complexity index is 2800. The van der Waals surface area contributed by atoms with Gasteiger partial charge in [-0.2, -0.15) is 10.2 Å². The zero-order valence-electron chi connectivity index (χ0n) is 36.9. The van der Waals surface area contributed by atoms with Gasteiger partial charge in [0.1, 0.15) is 29.1 Å². The Balaban J connectivity index is 0.642. The first kappa shape index (κ1) is 43.7. The summed E-state index contributed by atoms with van der Waals surface area (Å²) in [7, 11) is 1.46. The third-order valence-electron chi connectivity index (χ3n) is 14.8. The van der Waals surface area contributed by atoms with Crippen LogP contribution in [-0.4, -0.2) is 133 Å². The van der Waals surface area contributed by atoms with Gasteiger partial charge in [0.05, 0.1) is 60.6 Å². The molecule has 67 heavy (non-hydrogen) atoms. The molecule has 18 nitrogen and oxygen atoms in total. The first-order valence-corrected chi connectivity index (χ1v) is 23.2. The van der Waals surface area contributed by atoms with Crippen LogP contribution in [0.3, 0.4) is 0 Å². The molecule has 5 atom stereocenters. The zero-order valence-corrected chi connectivity index (χ0v) is 36.9. The number of fused-ring (bicyclic) bond motifs is 4. The van der Waals surface area contributed by atoms with E-state index in [4.69, 9.17) is 14.5 Å². The molecule has 5 aliphatic heterocycles. The maximum atomic E-state index is 16.0. The molecule has 2 N–H and O–H groups in total. The molecular weight excluding hydrogens is 881 g/mol. The van der Waals surface area contributed by atoms with Crippen molar-refractivity contribution in [2.75, 3.05) is 67.6 Å². The number of aryl methyl sites for hydroxylation is 1. The number of carbonyl (C=O) groups is 3. The second-order valence-corrected chi connectivity index (χ2v) is 19.1. The number of hydrogen-bond donors (Lipinski definition) is 2. The highest BCUT2D eigenvalue weighted by atomic mass is 19.3. The van der Waals surface area contributed by atoms with Crippen molar-refractivity contribution in [3.8, 4) is 0 Å². The van der Waals surface area contributed by atoms with Gasteiger partial charge in [-0.3, -0.25) is 38.4 Å². The Hall–Kier alpha value is -5.87. The summed E-state index contributed by atoms with van der Waals surface area (Å²) in [6, 6.07) is 4.26. The average molecular weight is 933 g/mol. The van der Waals surface area contributed by atoms with Crippen LogP contribution < -0.4 is 26.1 Å². The number of anilines is 3. The number of ether oxygens (including phenoxy) is 2. The molecular formula is C45H52F4N12O6. The fourth-order valence-electron chi connectivity index (χ4n) is 11.2. The number of halogens is 4. The van der Waals surface area contributed by atoms with E-state index in [9.17, 15) is 28.0 Å². The van der Waals surface area contributed by atoms with Gasteiger partial charge in [0.2, 0.25) is 11.8 Å². The predicted molar refractivity (Wildman–Crippen MR) is 235 cm³/mol. The second-order valence-electron chi connectivity index (χ2n) is 19.1. The third kappa shape index (κ3) is 8.02. The highest BCUT2D eigenvalue weighted by Crippen LogP contribution is 2.38. The second kappa shape index (κ2) is 17.3. The fourth-order valence-corrected chi connectivity index (χ4v) is 11.2. The molecule has 0 spiro atoms. The van der Waals surface area contributed by atoms with Crippen LogP contribution in [0.1, 0.15) is 85.9 Å². The molecule has 1 saturated carbocycles. The predicted octanol–water partition coefficient (Wildman–Crippen LogP) is 4.16. The van der Waals surface area contributed by atoms with Crippen molar-refractivity contribution in [1.82, 2.24) is 43.7 Å². The topological polar surface area (TPSA) is 178 Å². The Morgan fingerprint density at radius 2 is 1.84 bits per heavy atom. The minimum absolute atomic E-state index is 0.0540. The summed E-state index contributed by atoms with van der Waals surface area (Å²) in [6.07, 6.45) is 4.89. The molecule has 0 radical (unpaired) electrons. The number of alkyl halides is 3. The van der Waals surface area contributed by atoms with Crippen molar-refractivity contribution in [1.29, 1.82) is 0 Å². The molecule has 22 heteroatoms. The number of imidazole rings is 1. The van der Waals surface area contributed by atoms with Crippen molar-refractivity contribution >= 4 is 51.6 Å². The molecule has 356 valence electrons. The number of benzene rings is 1. The molecule has 2 bridgehead atoms. The highest BCUT2D eigenvalue weighted by molar-refractivity contribution is 6.08. The number of morpholine rings is 1. The summed E-state index contributed by atoms with van der Waals surface area (Å²) in [5, 5.41) is 13.4. The summed E-state index contributed by atoms with van der Waals surface area (Å²) >= 11 is 0. The van der Waals surface area contributed by atoms with Crippen LogP contribution in [0.4, 0.5) is 34.8 Å². The monoisotopic (exact) mass is 932 g/mol. The molecule has 5 aromatic rings. The van der Waals surface area contributed by atoms with Gasteiger partial charge in [0.25, 0.3) is 12.3 Å². The van der Waals surface area contributed by atoms with E-state index >= 15 is 8.78 Å². The van der Waals surface area contributed by atoms with Crippen LogP contribution in [0, 0.1) is 17.7 Å². The highest BCUT2D eigenvalue weighted by Gasteiger charge is 2.41. The molecule has 6 aliphatic rings. The maximum absolute atomic E-state index is 16.0. The lowest BCUT2D eigenvalue weighted by atomic mass is 9.85. The standard InChI is InChI=1S/C45H52F4N12O6/c1-55-40-33(61(45(55)65)34-8-9-37(62)53-44(34)64)7-6-32(38(40)47)57-17-25(18-57)22-67-35-10-12-56(20-30(35)46)16-24-2-4-26(5-3-24)60-21-31(39(54-60)41(48)49)51-43(63)29-15-50-59-13-11-36(52-42(29)59)58-19-28-14-27(58)23-66-28/h6-7,11,13,15,21,24-28,30,34-35,41H,2-5,8-10,12,14,16-20,22-23H2,1H3,(H,51,63)(H,53,62,64)/t24-,26-,27-,28-,30-,34?,35+/m1/s1. The summed E-state index contributed by atoms with van der Waals surface area (Å²) < 4.78 is 77.5. The Kier molecular flexibility index (Phi) is 11.3. The number of nitrogens with zero attached hydrogens (tertiary/aromatic N) is 10. The average Bonchev–Trinajstić information content (AvgIpc) is 4.15. The Labute approximate surface area is 381 Å². The Morgan fingerprint density at radius 3 is 2.57 bits per heavy atom. The lowest BCUT2D eigenvalue weighted by Crippen LogP contribution is -2.51. The number of piperidine rings is 2. The van der Waals surface area contributed by atoms with Gasteiger partial charge >= 0.3 is 5.69 Å². The number of carbonyl (C=O) groups excluding carboxylic acids is 3. The molecule has 1 unspecified atom stereocenters. The van der Waals surface area contributed by atoms with Crippen LogP contribution in [0.5, 0.6) is 0 Å². The van der Waals surface area contributed by atoms with Crippen LogP contribution in [0.15, 0.2) is 41.6 Å². The molecule has 6 fully saturated rings. The summed E-state index contributed by atoms with van der Waals surface area (Å²) in [4.78, 5) is 61.8. The SMILES string of the molecule is Cn1c(=O)n(C2CCC(=O)NC2=O)c2ccc(N3CC(CO[C@H]4CCN(C[C@H]5CC[C@H](n6cc(NC(=O)c7cnn8ccc(N9C[C@H]%10C[C@@H]9CO%10)nc78)c(C(F)F)n6)CC5)C[C@H]4F)C3)c(F)c21. The van der Waals surface area contributed by atoms with Crippen LogP contribution in [-0.2, 0) is 26.1 Å². The largest absolute Gasteiger partial charge is 0.375 e. The molecule has 11 rings (SSSR count). The zero-order chi connectivity index (χ0) is 46.2. The summed E-state index contributed by atoms with van der Waals surface area (Å²) in [5.74, 6) is -1.08. The normalized spacial score (nSPS) is 27.2. The maximum Gasteiger partial charge on any atom is 0.329 e. The molecule has 1 aromatic carbocycles. The molecule has 5 saturated heterocycles. The number of hydrogen-bond acceptors (Lipinski definition) is 12. The number of amides is 3. The molecule has 1 aliphatic carbocycles. The van der Waals surface area contributed by atoms with E-state index in [0.29, 0.717) is 81.7 Å². The molecule has 4 aromatic heterocycles. The van der Waals surface area contributed by atoms with Gasteiger partial charge < -0.3 is 24.6 Å². The van der Waals surface area contributed by atoms with Crippen LogP contribution in [0.2, 0.25) is 0 Å². The quantitative estimate of drug-likeness (QED) is 0.135. The van der Waals surface area contributed by atoms with Crippen molar-refractivity contribution in [3.05, 3.63) is 64.3 Å². The van der Waals surface area contributed by atoms with Crippen molar-refractivity contribution in [3.63, 3.8) is 0 Å². The molecule has 9 heterocycles. The number of likely N-dealkylation sites (tertiary alicyclic amines) is 1. The minimum atomic E-state index is -2.90. The van der Waals surface area contributed by atoms with Crippen molar-refractivity contribution in [2.45, 2.75) is 94.3 Å². The first-order valence-electron chi connectivity index (χ1n) is 23.2. The van der Waals surface area contributed by atoms with E-state index in [0.717, 1.165) is 25.8 Å². The van der Waals surface area contributed by atoms with Gasteiger partial charge in [-0.25, -0.2) is 31.9 Å². The van der Waals surface area contributed by atoms with E-state index in [1.165, 1.54) is 33.1 Å². The molecule has 3 amide bonds. The number of rotatable bonds is 12. The van der Waals surface area contributed by atoms with Crippen molar-refractivity contribution < 1.29 is 41.4 Å². The summed E-state index contributed by atoms with van der Waals surface area (Å²) in [6.45, 7) is 4.33. The van der Waals surface area contributed by atoms with Gasteiger partial charge in [-0.15, -0.1) is 0 Å². The number of nitrogens with one attached hydrogen (secondary N) is 2. The minimum Gasteiger partial charge on any atom is -0.375 e. The van der Waals surface area contributed by atoms with Gasteiger partial charge in [-0.05, 0) is 69.1 Å². The van der Waals surface area contributed by atoms with E-state index < -0.39 is 59.7 Å². The lowest BCUT2D eigenvalue weighted by molar-refractivity contribution is -0.135. The van der Waals surface area contributed by atoms with E-state index in [1.54, 1.807) is 23.0 Å². The number of imide groups is 1. The smallest absolute Gasteiger partial charge is 0.329 e. The van der Waals surface area contributed by atoms with Gasteiger partial charge in [-0.1, -0.05) is 0 Å².